The van der Waals surface area contributed by atoms with Gasteiger partial charge in [-0.15, -0.1) is 0 Å². The number of benzene rings is 1. The highest BCUT2D eigenvalue weighted by atomic mass is 79.9. The van der Waals surface area contributed by atoms with Crippen molar-refractivity contribution in [3.05, 3.63) is 52.6 Å². The van der Waals surface area contributed by atoms with Crippen molar-refractivity contribution in [1.29, 1.82) is 0 Å². The van der Waals surface area contributed by atoms with E-state index >= 15 is 0 Å². The molecule has 2 N–H and O–H groups in total. The fraction of sp³-hybridized carbons (Fsp3) is 0.154. The van der Waals surface area contributed by atoms with E-state index in [2.05, 4.69) is 20.9 Å². The molecule has 0 radical (unpaired) electrons. The van der Waals surface area contributed by atoms with Gasteiger partial charge < -0.3 is 10.5 Å². The highest BCUT2D eigenvalue weighted by Gasteiger charge is 2.05. The van der Waals surface area contributed by atoms with Gasteiger partial charge in [-0.2, -0.15) is 0 Å². The molecule has 0 spiro atoms. The maximum atomic E-state index is 5.75. The second-order valence-corrected chi connectivity index (χ2v) is 4.48. The van der Waals surface area contributed by atoms with E-state index in [-0.39, 0.29) is 0 Å². The fourth-order valence-electron chi connectivity index (χ4n) is 1.50. The molecule has 17 heavy (non-hydrogen) atoms. The minimum absolute atomic E-state index is 0.584. The van der Waals surface area contributed by atoms with Crippen LogP contribution < -0.4 is 10.5 Å². The third-order valence-corrected chi connectivity index (χ3v) is 2.77. The maximum absolute atomic E-state index is 5.75. The summed E-state index contributed by atoms with van der Waals surface area (Å²) >= 11 is 3.40. The Bertz CT molecular complexity index is 502. The lowest BCUT2D eigenvalue weighted by Gasteiger charge is -2.09. The fourth-order valence-corrected chi connectivity index (χ4v) is 1.88. The van der Waals surface area contributed by atoms with E-state index in [4.69, 9.17) is 10.5 Å². The van der Waals surface area contributed by atoms with Crippen LogP contribution in [0.5, 0.6) is 11.6 Å². The van der Waals surface area contributed by atoms with E-state index in [0.29, 0.717) is 12.4 Å². The SMILES string of the molecule is NCCc1cccnc1Oc1cccc(Br)c1. The van der Waals surface area contributed by atoms with Gasteiger partial charge in [-0.05, 0) is 37.2 Å². The molecular weight excluding hydrogens is 280 g/mol. The lowest BCUT2D eigenvalue weighted by molar-refractivity contribution is 0.456. The van der Waals surface area contributed by atoms with E-state index in [1.165, 1.54) is 0 Å². The Morgan fingerprint density at radius 1 is 1.24 bits per heavy atom. The van der Waals surface area contributed by atoms with Crippen LogP contribution in [-0.2, 0) is 6.42 Å². The maximum Gasteiger partial charge on any atom is 0.222 e. The van der Waals surface area contributed by atoms with Crippen molar-refractivity contribution in [3.8, 4) is 11.6 Å². The van der Waals surface area contributed by atoms with Crippen LogP contribution >= 0.6 is 15.9 Å². The Hall–Kier alpha value is -1.39. The third-order valence-electron chi connectivity index (χ3n) is 2.27. The van der Waals surface area contributed by atoms with Crippen LogP contribution in [0.1, 0.15) is 5.56 Å². The molecule has 0 saturated heterocycles. The first-order valence-electron chi connectivity index (χ1n) is 5.37. The van der Waals surface area contributed by atoms with E-state index in [0.717, 1.165) is 22.2 Å². The molecule has 88 valence electrons. The van der Waals surface area contributed by atoms with Gasteiger partial charge >= 0.3 is 0 Å². The van der Waals surface area contributed by atoms with Crippen molar-refractivity contribution in [3.63, 3.8) is 0 Å². The van der Waals surface area contributed by atoms with E-state index in [1.807, 2.05) is 36.4 Å². The van der Waals surface area contributed by atoms with E-state index in [1.54, 1.807) is 6.20 Å². The van der Waals surface area contributed by atoms with Crippen LogP contribution in [-0.4, -0.2) is 11.5 Å². The zero-order valence-electron chi connectivity index (χ0n) is 9.27. The molecule has 4 heteroatoms. The molecule has 1 aromatic carbocycles. The summed E-state index contributed by atoms with van der Waals surface area (Å²) in [5, 5.41) is 0. The van der Waals surface area contributed by atoms with Crippen molar-refractivity contribution in [2.75, 3.05) is 6.54 Å². The number of aromatic nitrogens is 1. The Morgan fingerprint density at radius 3 is 2.88 bits per heavy atom. The molecule has 0 fully saturated rings. The molecule has 0 aliphatic heterocycles. The Kier molecular flexibility index (Phi) is 4.12. The Morgan fingerprint density at radius 2 is 2.12 bits per heavy atom. The molecule has 2 aromatic rings. The molecule has 3 nitrogen and oxygen atoms in total. The summed E-state index contributed by atoms with van der Waals surface area (Å²) in [5.74, 6) is 1.38. The molecule has 2 rings (SSSR count). The van der Waals surface area contributed by atoms with Crippen molar-refractivity contribution < 1.29 is 4.74 Å². The predicted molar refractivity (Wildman–Crippen MR) is 71.2 cm³/mol. The Balaban J connectivity index is 2.23. The van der Waals surface area contributed by atoms with Crippen LogP contribution in [0.15, 0.2) is 47.1 Å². The van der Waals surface area contributed by atoms with Gasteiger partial charge in [0.15, 0.2) is 0 Å². The van der Waals surface area contributed by atoms with Crippen molar-refractivity contribution >= 4 is 15.9 Å². The average molecular weight is 293 g/mol. The first-order valence-corrected chi connectivity index (χ1v) is 6.16. The number of halogens is 1. The topological polar surface area (TPSA) is 48.1 Å². The summed E-state index contributed by atoms with van der Waals surface area (Å²) in [7, 11) is 0. The molecule has 0 saturated carbocycles. The average Bonchev–Trinajstić information content (AvgIpc) is 2.32. The summed E-state index contributed by atoms with van der Waals surface area (Å²) in [6.45, 7) is 0.584. The molecule has 0 atom stereocenters. The lowest BCUT2D eigenvalue weighted by atomic mass is 10.2. The smallest absolute Gasteiger partial charge is 0.222 e. The molecule has 0 unspecified atom stereocenters. The summed E-state index contributed by atoms with van der Waals surface area (Å²) < 4.78 is 6.72. The van der Waals surface area contributed by atoms with Gasteiger partial charge in [-0.25, -0.2) is 4.98 Å². The second kappa shape index (κ2) is 5.80. The molecular formula is C13H13BrN2O. The normalized spacial score (nSPS) is 10.2. The zero-order chi connectivity index (χ0) is 12.1. The Labute approximate surface area is 109 Å². The first-order chi connectivity index (χ1) is 8.29. The molecule has 0 aliphatic rings. The number of ether oxygens (including phenoxy) is 1. The highest BCUT2D eigenvalue weighted by Crippen LogP contribution is 2.25. The minimum atomic E-state index is 0.584. The molecule has 0 amide bonds. The third kappa shape index (κ3) is 3.28. The highest BCUT2D eigenvalue weighted by molar-refractivity contribution is 9.10. The molecule has 0 bridgehead atoms. The summed E-state index contributed by atoms with van der Waals surface area (Å²) in [5.41, 5.74) is 6.58. The number of pyridine rings is 1. The van der Waals surface area contributed by atoms with Crippen LogP contribution in [0.25, 0.3) is 0 Å². The number of rotatable bonds is 4. The number of hydrogen-bond donors (Lipinski definition) is 1. The predicted octanol–water partition coefficient (Wildman–Crippen LogP) is 3.14. The van der Waals surface area contributed by atoms with Gasteiger partial charge in [0, 0.05) is 16.2 Å². The van der Waals surface area contributed by atoms with Gasteiger partial charge in [0.1, 0.15) is 5.75 Å². The van der Waals surface area contributed by atoms with Crippen molar-refractivity contribution in [2.24, 2.45) is 5.73 Å². The van der Waals surface area contributed by atoms with Crippen molar-refractivity contribution in [1.82, 2.24) is 4.98 Å². The van der Waals surface area contributed by atoms with Crippen LogP contribution in [0.4, 0.5) is 0 Å². The van der Waals surface area contributed by atoms with Crippen LogP contribution in [0, 0.1) is 0 Å². The number of nitrogens with two attached hydrogens (primary N) is 1. The monoisotopic (exact) mass is 292 g/mol. The lowest BCUT2D eigenvalue weighted by Crippen LogP contribution is -2.04. The second-order valence-electron chi connectivity index (χ2n) is 3.57. The van der Waals surface area contributed by atoms with Gasteiger partial charge in [0.25, 0.3) is 0 Å². The summed E-state index contributed by atoms with van der Waals surface area (Å²) in [4.78, 5) is 4.23. The molecule has 1 heterocycles. The summed E-state index contributed by atoms with van der Waals surface area (Å²) in [6.07, 6.45) is 2.48. The largest absolute Gasteiger partial charge is 0.439 e. The summed E-state index contributed by atoms with van der Waals surface area (Å²) in [6, 6.07) is 11.5. The van der Waals surface area contributed by atoms with Gasteiger partial charge in [-0.1, -0.05) is 28.1 Å². The van der Waals surface area contributed by atoms with Gasteiger partial charge in [0.2, 0.25) is 5.88 Å². The standard InChI is InChI=1S/C13H13BrN2O/c14-11-4-1-5-12(9-11)17-13-10(6-7-15)3-2-8-16-13/h1-5,8-9H,6-7,15H2. The van der Waals surface area contributed by atoms with E-state index in [9.17, 15) is 0 Å². The molecule has 0 aliphatic carbocycles. The minimum Gasteiger partial charge on any atom is -0.439 e. The van der Waals surface area contributed by atoms with Crippen LogP contribution in [0.2, 0.25) is 0 Å². The first kappa shape index (κ1) is 12.1. The quantitative estimate of drug-likeness (QED) is 0.942. The van der Waals surface area contributed by atoms with E-state index < -0.39 is 0 Å². The van der Waals surface area contributed by atoms with Crippen molar-refractivity contribution in [2.45, 2.75) is 6.42 Å². The van der Waals surface area contributed by atoms with Crippen LogP contribution in [0.3, 0.4) is 0 Å². The number of hydrogen-bond acceptors (Lipinski definition) is 3. The molecule has 1 aromatic heterocycles. The zero-order valence-corrected chi connectivity index (χ0v) is 10.9. The number of nitrogens with zero attached hydrogens (tertiary/aromatic N) is 1. The van der Waals surface area contributed by atoms with Gasteiger partial charge in [-0.3, -0.25) is 0 Å². The van der Waals surface area contributed by atoms with Gasteiger partial charge in [0.05, 0.1) is 0 Å².